The van der Waals surface area contributed by atoms with Crippen LogP contribution in [-0.2, 0) is 20.2 Å². The lowest BCUT2D eigenvalue weighted by molar-refractivity contribution is 2.53. The van der Waals surface area contributed by atoms with Gasteiger partial charge in [-0.3, -0.25) is 11.2 Å². The van der Waals surface area contributed by atoms with Gasteiger partial charge in [0, 0.05) is 0 Å². The smallest absolute Gasteiger partial charge is 0.140 e. The molecule has 0 saturated heterocycles. The van der Waals surface area contributed by atoms with Crippen LogP contribution in [0.25, 0.3) is 0 Å². The zero-order valence-electron chi connectivity index (χ0n) is 2.52. The first-order valence-corrected chi connectivity index (χ1v) is 3.59. The Morgan fingerprint density at radius 3 is 2.00 bits per heavy atom. The molecule has 2 heteroatoms. The van der Waals surface area contributed by atoms with E-state index >= 15 is 0 Å². The van der Waals surface area contributed by atoms with Crippen molar-refractivity contribution in [2.45, 2.75) is 0 Å². The molecule has 4 heavy (non-hydrogen) atoms. The first-order chi connectivity index (χ1) is 1.73. The van der Waals surface area contributed by atoms with Gasteiger partial charge in [-0.25, -0.2) is 5.87 Å². The number of hydrogen-bond donors (Lipinski definition) is 0. The Hall–Kier alpha value is 0.440. The molecule has 0 aromatic rings. The standard InChI is InChI=1S/C2H5S2/c1-4(2)3/h1H2,2H3/q-1. The summed E-state index contributed by atoms with van der Waals surface area (Å²) in [5.41, 5.74) is 0. The van der Waals surface area contributed by atoms with Crippen molar-refractivity contribution in [1.29, 1.82) is 0 Å². The Bertz CT molecular complexity index is 52.4. The average Bonchev–Trinajstić information content (AvgIpc) is 0.811. The van der Waals surface area contributed by atoms with Gasteiger partial charge in [-0.2, -0.15) is 0 Å². The Morgan fingerprint density at radius 1 is 2.00 bits per heavy atom. The molecular weight excluding hydrogens is 88.2 g/mol. The third kappa shape index (κ3) is 26.1. The van der Waals surface area contributed by atoms with Crippen LogP contribution in [-0.4, -0.2) is 12.1 Å². The predicted octanol–water partition coefficient (Wildman–Crippen LogP) is 0.128. The predicted molar refractivity (Wildman–Crippen MR) is 27.8 cm³/mol. The molecule has 0 aliphatic heterocycles. The van der Waals surface area contributed by atoms with Crippen molar-refractivity contribution in [3.8, 4) is 0 Å². The molecule has 0 aromatic heterocycles. The monoisotopic (exact) mass is 93.0 g/mol. The second-order valence-corrected chi connectivity index (χ2v) is 3.43. The van der Waals surface area contributed by atoms with Crippen LogP contribution >= 0.6 is 0 Å². The molecule has 0 amide bonds. The van der Waals surface area contributed by atoms with Crippen molar-refractivity contribution in [3.63, 3.8) is 0 Å². The van der Waals surface area contributed by atoms with Gasteiger partial charge in [0.15, 0.2) is 0 Å². The van der Waals surface area contributed by atoms with Gasteiger partial charge < -0.3 is 9.04 Å². The van der Waals surface area contributed by atoms with Gasteiger partial charge in [-0.1, -0.05) is 0 Å². The van der Waals surface area contributed by atoms with E-state index in [0.717, 1.165) is 0 Å². The zero-order valence-corrected chi connectivity index (χ0v) is 4.16. The molecule has 0 bridgehead atoms. The third-order valence-electron chi connectivity index (χ3n) is 0. The van der Waals surface area contributed by atoms with Gasteiger partial charge in [0.1, 0.15) is 0 Å². The normalized spacial score (nSPS) is 8.50. The van der Waals surface area contributed by atoms with Crippen LogP contribution in [0.5, 0.6) is 0 Å². The lowest BCUT2D eigenvalue weighted by Gasteiger charge is -1.72. The lowest BCUT2D eigenvalue weighted by Crippen LogP contribution is -1.51. The van der Waals surface area contributed by atoms with Crippen LogP contribution in [0.3, 0.4) is 0 Å². The topological polar surface area (TPSA) is 0 Å². The second kappa shape index (κ2) is 1.73. The van der Waals surface area contributed by atoms with Gasteiger partial charge in [-0.15, -0.1) is 6.26 Å². The van der Waals surface area contributed by atoms with E-state index in [1.165, 1.54) is 0 Å². The second-order valence-electron chi connectivity index (χ2n) is 0.573. The lowest BCUT2D eigenvalue weighted by atomic mass is 11.9. The molecule has 0 unspecified atom stereocenters. The fourth-order valence-corrected chi connectivity index (χ4v) is 0. The van der Waals surface area contributed by atoms with Gasteiger partial charge in [0.2, 0.25) is 0 Å². The Balaban J connectivity index is 3.51. The first kappa shape index (κ1) is 4.44. The molecule has 0 rings (SSSR count). The maximum Gasteiger partial charge on any atom is -0.140 e. The van der Waals surface area contributed by atoms with Crippen LogP contribution in [0.2, 0.25) is 0 Å². The summed E-state index contributed by atoms with van der Waals surface area (Å²) in [7, 11) is -0.0278. The summed E-state index contributed by atoms with van der Waals surface area (Å²) in [5, 5.41) is 0. The SMILES string of the molecule is C=[S-](C)=S. The fraction of sp³-hybridized carbons (Fsp3) is 0.500. The third-order valence-corrected chi connectivity index (χ3v) is 0. The Kier molecular flexibility index (Phi) is 1.92. The summed E-state index contributed by atoms with van der Waals surface area (Å²) < 4.78 is 0. The van der Waals surface area contributed by atoms with Crippen molar-refractivity contribution in [1.82, 2.24) is 0 Å². The largest absolute Gasteiger partial charge is 0.418 e. The van der Waals surface area contributed by atoms with Crippen LogP contribution < -0.4 is 0 Å². The molecule has 0 saturated carbocycles. The van der Waals surface area contributed by atoms with E-state index in [1.807, 2.05) is 6.26 Å². The van der Waals surface area contributed by atoms with Crippen molar-refractivity contribution in [2.75, 3.05) is 6.26 Å². The molecular formula is C2H5S2-. The molecule has 0 aromatic carbocycles. The highest BCUT2D eigenvalue weighted by Gasteiger charge is 1.12. The molecule has 0 nitrogen and oxygen atoms in total. The maximum absolute atomic E-state index is 4.54. The average molecular weight is 93.2 g/mol. The van der Waals surface area contributed by atoms with Gasteiger partial charge in [0.05, 0.1) is 0 Å². The quantitative estimate of drug-likeness (QED) is 0.303. The van der Waals surface area contributed by atoms with Crippen molar-refractivity contribution >= 4 is 26.1 Å². The molecule has 0 N–H and O–H groups in total. The van der Waals surface area contributed by atoms with Gasteiger partial charge in [0.25, 0.3) is 0 Å². The van der Waals surface area contributed by atoms with Crippen molar-refractivity contribution < 1.29 is 0 Å². The van der Waals surface area contributed by atoms with E-state index < -0.39 is 0 Å². The molecule has 0 heterocycles. The molecule has 0 aliphatic carbocycles. The summed E-state index contributed by atoms with van der Waals surface area (Å²) in [6.07, 6.45) is 1.90. The highest BCUT2D eigenvalue weighted by atomic mass is 32.8. The summed E-state index contributed by atoms with van der Waals surface area (Å²) in [6, 6.07) is 0. The van der Waals surface area contributed by atoms with E-state index in [4.69, 9.17) is 0 Å². The molecule has 0 fully saturated rings. The maximum atomic E-state index is 4.54. The van der Waals surface area contributed by atoms with Crippen molar-refractivity contribution in [3.05, 3.63) is 0 Å². The van der Waals surface area contributed by atoms with Gasteiger partial charge >= 0.3 is 0 Å². The Morgan fingerprint density at radius 2 is 2.00 bits per heavy atom. The summed E-state index contributed by atoms with van der Waals surface area (Å²) in [6.45, 7) is 0. The van der Waals surface area contributed by atoms with Crippen LogP contribution in [0.4, 0.5) is 0 Å². The van der Waals surface area contributed by atoms with Crippen LogP contribution in [0.1, 0.15) is 0 Å². The minimum absolute atomic E-state index is 0.0278. The highest BCUT2D eigenvalue weighted by molar-refractivity contribution is 8.26. The molecule has 0 spiro atoms. The first-order valence-electron chi connectivity index (χ1n) is 0.864. The van der Waals surface area contributed by atoms with Crippen LogP contribution in [0.15, 0.2) is 0 Å². The van der Waals surface area contributed by atoms with Crippen molar-refractivity contribution in [2.24, 2.45) is 0 Å². The van der Waals surface area contributed by atoms with Gasteiger partial charge in [-0.05, 0) is 0 Å². The number of rotatable bonds is 0. The summed E-state index contributed by atoms with van der Waals surface area (Å²) in [5.74, 6) is 3.48. The van der Waals surface area contributed by atoms with E-state index in [2.05, 4.69) is 17.1 Å². The zero-order chi connectivity index (χ0) is 3.58. The summed E-state index contributed by atoms with van der Waals surface area (Å²) >= 11 is 4.54. The minimum Gasteiger partial charge on any atom is -0.418 e. The number of hydrogen-bond acceptors (Lipinski definition) is 2. The molecule has 0 atom stereocenters. The van der Waals surface area contributed by atoms with E-state index in [1.54, 1.807) is 0 Å². The fourth-order valence-electron chi connectivity index (χ4n) is 0. The Labute approximate surface area is 33.0 Å². The van der Waals surface area contributed by atoms with Crippen LogP contribution in [0, 0.1) is 0 Å². The minimum atomic E-state index is -0.0278. The molecule has 0 aliphatic rings. The highest BCUT2D eigenvalue weighted by Crippen LogP contribution is 1.33. The summed E-state index contributed by atoms with van der Waals surface area (Å²) in [4.78, 5) is 0. The van der Waals surface area contributed by atoms with E-state index in [-0.39, 0.29) is 9.04 Å². The van der Waals surface area contributed by atoms with E-state index in [9.17, 15) is 0 Å². The molecule has 26 valence electrons. The van der Waals surface area contributed by atoms with E-state index in [0.29, 0.717) is 0 Å². The molecule has 0 radical (unpaired) electrons.